The summed E-state index contributed by atoms with van der Waals surface area (Å²) in [5.74, 6) is 0. The molecule has 5 nitrogen and oxygen atoms in total. The molecular weight excluding hydrogens is 298 g/mol. The first-order chi connectivity index (χ1) is 9.60. The minimum atomic E-state index is -3.63. The number of rotatable bonds is 3. The van der Waals surface area contributed by atoms with Gasteiger partial charge in [-0.3, -0.25) is 4.98 Å². The lowest BCUT2D eigenvalue weighted by atomic mass is 10.2. The van der Waals surface area contributed by atoms with Gasteiger partial charge in [0.15, 0.2) is 0 Å². The summed E-state index contributed by atoms with van der Waals surface area (Å²) < 4.78 is 27.0. The molecule has 3 heterocycles. The Kier molecular flexibility index (Phi) is 3.54. The molecule has 20 heavy (non-hydrogen) atoms. The van der Waals surface area contributed by atoms with Crippen molar-refractivity contribution >= 4 is 21.6 Å². The topological polar surface area (TPSA) is 66.1 Å². The van der Waals surface area contributed by atoms with Crippen LogP contribution in [0.4, 0.5) is 0 Å². The monoisotopic (exact) mass is 311 g/mol. The molecule has 1 saturated heterocycles. The maximum Gasteiger partial charge on any atom is 0.246 e. The summed E-state index contributed by atoms with van der Waals surface area (Å²) in [6.45, 7) is 0.497. The van der Waals surface area contributed by atoms with Crippen LogP contribution in [0, 0.1) is 0 Å². The van der Waals surface area contributed by atoms with Crippen molar-refractivity contribution in [1.29, 1.82) is 0 Å². The molecule has 1 aliphatic rings. The average Bonchev–Trinajstić information content (AvgIpc) is 3.10. The van der Waals surface area contributed by atoms with Crippen molar-refractivity contribution in [3.8, 4) is 0 Å². The van der Waals surface area contributed by atoms with Gasteiger partial charge in [0.25, 0.3) is 0 Å². The van der Waals surface area contributed by atoms with Crippen molar-refractivity contribution in [2.45, 2.75) is 23.8 Å². The second-order valence-electron chi connectivity index (χ2n) is 4.71. The number of hydrogen-bond acceptors (Lipinski definition) is 3. The van der Waals surface area contributed by atoms with Crippen LogP contribution in [-0.2, 0) is 10.0 Å². The van der Waals surface area contributed by atoms with Crippen molar-refractivity contribution < 1.29 is 8.42 Å². The van der Waals surface area contributed by atoms with Gasteiger partial charge in [0.1, 0.15) is 4.90 Å². The highest BCUT2D eigenvalue weighted by Gasteiger charge is 2.37. The third-order valence-corrected chi connectivity index (χ3v) is 5.88. The lowest BCUT2D eigenvalue weighted by Gasteiger charge is -2.23. The van der Waals surface area contributed by atoms with Gasteiger partial charge < -0.3 is 4.98 Å². The van der Waals surface area contributed by atoms with Crippen molar-refractivity contribution in [2.75, 3.05) is 6.54 Å². The third-order valence-electron chi connectivity index (χ3n) is 3.51. The number of sulfonamides is 1. The zero-order valence-corrected chi connectivity index (χ0v) is 12.2. The van der Waals surface area contributed by atoms with Gasteiger partial charge in [0, 0.05) is 30.8 Å². The van der Waals surface area contributed by atoms with Gasteiger partial charge >= 0.3 is 0 Å². The van der Waals surface area contributed by atoms with Crippen LogP contribution in [0.1, 0.15) is 24.6 Å². The molecule has 1 fully saturated rings. The molecule has 2 aromatic rings. The fourth-order valence-corrected chi connectivity index (χ4v) is 4.65. The van der Waals surface area contributed by atoms with E-state index in [0.717, 1.165) is 18.5 Å². The number of aromatic amines is 1. The molecule has 0 aromatic carbocycles. The lowest BCUT2D eigenvalue weighted by Crippen LogP contribution is -2.31. The molecule has 0 aliphatic carbocycles. The summed E-state index contributed by atoms with van der Waals surface area (Å²) in [6, 6.07) is 5.11. The van der Waals surface area contributed by atoms with Crippen molar-refractivity contribution in [1.82, 2.24) is 14.3 Å². The van der Waals surface area contributed by atoms with E-state index in [-0.39, 0.29) is 16.0 Å². The van der Waals surface area contributed by atoms with E-state index in [0.29, 0.717) is 6.54 Å². The fraction of sp³-hybridized carbons (Fsp3) is 0.308. The Balaban J connectivity index is 2.01. The van der Waals surface area contributed by atoms with Crippen LogP contribution in [0.15, 0.2) is 41.7 Å². The lowest BCUT2D eigenvalue weighted by molar-refractivity contribution is 0.391. The van der Waals surface area contributed by atoms with Crippen LogP contribution >= 0.6 is 11.6 Å². The van der Waals surface area contributed by atoms with E-state index in [1.165, 1.54) is 22.8 Å². The second-order valence-corrected chi connectivity index (χ2v) is 6.97. The third kappa shape index (κ3) is 2.24. The smallest absolute Gasteiger partial charge is 0.246 e. The Bertz CT molecular complexity index is 700. The largest absolute Gasteiger partial charge is 0.364 e. The van der Waals surface area contributed by atoms with Crippen LogP contribution in [0.5, 0.6) is 0 Å². The van der Waals surface area contributed by atoms with Crippen LogP contribution in [0.2, 0.25) is 5.02 Å². The van der Waals surface area contributed by atoms with E-state index in [2.05, 4.69) is 9.97 Å². The van der Waals surface area contributed by atoms with Crippen LogP contribution < -0.4 is 0 Å². The fourth-order valence-electron chi connectivity index (χ4n) is 2.57. The van der Waals surface area contributed by atoms with Gasteiger partial charge in [-0.05, 0) is 31.0 Å². The summed E-state index contributed by atoms with van der Waals surface area (Å²) in [5, 5.41) is 0.206. The van der Waals surface area contributed by atoms with Gasteiger partial charge in [-0.15, -0.1) is 0 Å². The van der Waals surface area contributed by atoms with Crippen LogP contribution in [0.25, 0.3) is 0 Å². The van der Waals surface area contributed by atoms with Crippen molar-refractivity contribution in [3.63, 3.8) is 0 Å². The molecule has 106 valence electrons. The highest BCUT2D eigenvalue weighted by molar-refractivity contribution is 7.89. The molecule has 3 rings (SSSR count). The first-order valence-corrected chi connectivity index (χ1v) is 8.17. The molecule has 0 bridgehead atoms. The van der Waals surface area contributed by atoms with E-state index in [4.69, 9.17) is 11.6 Å². The quantitative estimate of drug-likeness (QED) is 0.947. The van der Waals surface area contributed by atoms with Crippen molar-refractivity contribution in [3.05, 3.63) is 47.5 Å². The first kappa shape index (κ1) is 13.6. The van der Waals surface area contributed by atoms with E-state index in [1.807, 2.05) is 12.1 Å². The highest BCUT2D eigenvalue weighted by atomic mass is 35.5. The van der Waals surface area contributed by atoms with E-state index in [1.54, 1.807) is 6.20 Å². The molecular formula is C13H14ClN3O2S. The van der Waals surface area contributed by atoms with Gasteiger partial charge in [-0.2, -0.15) is 4.31 Å². The minimum absolute atomic E-state index is 0.0696. The first-order valence-electron chi connectivity index (χ1n) is 6.35. The molecule has 1 N–H and O–H groups in total. The molecule has 0 spiro atoms. The Labute approximate surface area is 122 Å². The maximum absolute atomic E-state index is 12.7. The molecule has 1 atom stereocenters. The Hall–Kier alpha value is -1.37. The molecule has 0 radical (unpaired) electrons. The summed E-state index contributed by atoms with van der Waals surface area (Å²) in [5.41, 5.74) is 0.908. The molecule has 0 amide bonds. The number of hydrogen-bond donors (Lipinski definition) is 1. The summed E-state index contributed by atoms with van der Waals surface area (Å²) in [7, 11) is -3.63. The average molecular weight is 312 g/mol. The highest BCUT2D eigenvalue weighted by Crippen LogP contribution is 2.37. The van der Waals surface area contributed by atoms with Crippen LogP contribution in [-0.4, -0.2) is 29.2 Å². The normalized spacial score (nSPS) is 20.4. The number of nitrogens with zero attached hydrogens (tertiary/aromatic N) is 2. The second kappa shape index (κ2) is 5.20. The van der Waals surface area contributed by atoms with Gasteiger partial charge in [0.05, 0.1) is 11.1 Å². The van der Waals surface area contributed by atoms with Gasteiger partial charge in [-0.25, -0.2) is 8.42 Å². The Morgan fingerprint density at radius 2 is 2.25 bits per heavy atom. The zero-order chi connectivity index (χ0) is 14.2. The predicted octanol–water partition coefficient (Wildman–Crippen LogP) is 2.59. The SMILES string of the molecule is O=S(=O)(c1cnccc1Cl)N1CCCC1c1ccc[nH]1. The number of pyridine rings is 1. The van der Waals surface area contributed by atoms with E-state index < -0.39 is 10.0 Å². The minimum Gasteiger partial charge on any atom is -0.364 e. The van der Waals surface area contributed by atoms with Crippen molar-refractivity contribution in [2.24, 2.45) is 0 Å². The number of halogens is 1. The van der Waals surface area contributed by atoms with Crippen LogP contribution in [0.3, 0.4) is 0 Å². The van der Waals surface area contributed by atoms with E-state index >= 15 is 0 Å². The molecule has 7 heteroatoms. The number of H-pyrrole nitrogens is 1. The van der Waals surface area contributed by atoms with E-state index in [9.17, 15) is 8.42 Å². The summed E-state index contributed by atoms with van der Waals surface area (Å²) in [6.07, 6.45) is 6.23. The number of aromatic nitrogens is 2. The number of nitrogens with one attached hydrogen (secondary N) is 1. The summed E-state index contributed by atoms with van der Waals surface area (Å²) >= 11 is 6.01. The molecule has 2 aromatic heterocycles. The standard InChI is InChI=1S/C13H14ClN3O2S/c14-10-5-7-15-9-13(10)20(18,19)17-8-2-4-12(17)11-3-1-6-16-11/h1,3,5-7,9,12,16H,2,4,8H2. The molecule has 0 saturated carbocycles. The Morgan fingerprint density at radius 1 is 1.40 bits per heavy atom. The molecule has 1 unspecified atom stereocenters. The zero-order valence-electron chi connectivity index (χ0n) is 10.7. The predicted molar refractivity (Wildman–Crippen MR) is 75.9 cm³/mol. The molecule has 1 aliphatic heterocycles. The maximum atomic E-state index is 12.7. The van der Waals surface area contributed by atoms with Gasteiger partial charge in [-0.1, -0.05) is 11.6 Å². The Morgan fingerprint density at radius 3 is 2.95 bits per heavy atom. The summed E-state index contributed by atoms with van der Waals surface area (Å²) in [4.78, 5) is 7.03. The van der Waals surface area contributed by atoms with Gasteiger partial charge in [0.2, 0.25) is 10.0 Å².